The molecule has 0 radical (unpaired) electrons. The number of rotatable bonds is 4. The summed E-state index contributed by atoms with van der Waals surface area (Å²) in [6, 6.07) is 4.67. The van der Waals surface area contributed by atoms with Gasteiger partial charge in [0.25, 0.3) is 0 Å². The molecule has 2 rings (SSSR count). The third kappa shape index (κ3) is 3.28. The van der Waals surface area contributed by atoms with Gasteiger partial charge in [-0.1, -0.05) is 6.07 Å². The van der Waals surface area contributed by atoms with E-state index in [1.54, 1.807) is 31.2 Å². The van der Waals surface area contributed by atoms with Crippen molar-refractivity contribution in [1.82, 2.24) is 5.32 Å². The van der Waals surface area contributed by atoms with Crippen molar-refractivity contribution in [2.24, 2.45) is 0 Å². The summed E-state index contributed by atoms with van der Waals surface area (Å²) in [7, 11) is 1.27. The molecule has 0 saturated carbocycles. The van der Waals surface area contributed by atoms with Crippen LogP contribution in [-0.2, 0) is 14.3 Å². The van der Waals surface area contributed by atoms with Crippen molar-refractivity contribution < 1.29 is 23.8 Å². The maximum Gasteiger partial charge on any atom is 0.328 e. The molecule has 1 atom stereocenters. The van der Waals surface area contributed by atoms with E-state index >= 15 is 0 Å². The molecule has 1 aliphatic rings. The van der Waals surface area contributed by atoms with Crippen LogP contribution in [-0.4, -0.2) is 31.8 Å². The quantitative estimate of drug-likeness (QED) is 0.659. The molecule has 0 aromatic heterocycles. The molecule has 1 aromatic carbocycles. The van der Waals surface area contributed by atoms with Crippen LogP contribution >= 0.6 is 0 Å². The number of carbonyl (C=O) groups excluding carboxylic acids is 2. The zero-order valence-electron chi connectivity index (χ0n) is 11.2. The Morgan fingerprint density at radius 3 is 2.85 bits per heavy atom. The SMILES string of the molecule is COC(=O)C(C)NC(=O)/C=C/c1ccc2c(c1)OCO2. The fraction of sp³-hybridized carbons (Fsp3) is 0.286. The monoisotopic (exact) mass is 277 g/mol. The summed E-state index contributed by atoms with van der Waals surface area (Å²) in [5.41, 5.74) is 0.801. The van der Waals surface area contributed by atoms with Gasteiger partial charge in [0.1, 0.15) is 6.04 Å². The molecular formula is C14H15NO5. The van der Waals surface area contributed by atoms with Crippen molar-refractivity contribution in [3.63, 3.8) is 0 Å². The molecule has 1 aliphatic heterocycles. The number of amides is 1. The van der Waals surface area contributed by atoms with Gasteiger partial charge < -0.3 is 19.5 Å². The molecule has 0 bridgehead atoms. The van der Waals surface area contributed by atoms with E-state index in [2.05, 4.69) is 10.1 Å². The lowest BCUT2D eigenvalue weighted by Crippen LogP contribution is -2.38. The molecule has 6 nitrogen and oxygen atoms in total. The second-order valence-corrected chi connectivity index (χ2v) is 4.20. The van der Waals surface area contributed by atoms with Crippen molar-refractivity contribution in [2.45, 2.75) is 13.0 Å². The smallest absolute Gasteiger partial charge is 0.328 e. The largest absolute Gasteiger partial charge is 0.467 e. The first kappa shape index (κ1) is 13.9. The highest BCUT2D eigenvalue weighted by Gasteiger charge is 2.14. The molecule has 1 aromatic rings. The molecule has 0 saturated heterocycles. The lowest BCUT2D eigenvalue weighted by molar-refractivity contribution is -0.144. The van der Waals surface area contributed by atoms with E-state index in [9.17, 15) is 9.59 Å². The Morgan fingerprint density at radius 1 is 1.35 bits per heavy atom. The van der Waals surface area contributed by atoms with Crippen molar-refractivity contribution in [2.75, 3.05) is 13.9 Å². The Morgan fingerprint density at radius 2 is 2.10 bits per heavy atom. The molecular weight excluding hydrogens is 262 g/mol. The highest BCUT2D eigenvalue weighted by atomic mass is 16.7. The summed E-state index contributed by atoms with van der Waals surface area (Å²) in [6.45, 7) is 1.76. The van der Waals surface area contributed by atoms with Gasteiger partial charge in [-0.05, 0) is 30.7 Å². The Balaban J connectivity index is 1.95. The van der Waals surface area contributed by atoms with Gasteiger partial charge in [-0.3, -0.25) is 4.79 Å². The molecule has 20 heavy (non-hydrogen) atoms. The average Bonchev–Trinajstić information content (AvgIpc) is 2.91. The highest BCUT2D eigenvalue weighted by Crippen LogP contribution is 2.32. The van der Waals surface area contributed by atoms with Gasteiger partial charge in [0.15, 0.2) is 11.5 Å². The van der Waals surface area contributed by atoms with Crippen LogP contribution in [0.5, 0.6) is 11.5 Å². The first-order chi connectivity index (χ1) is 9.60. The number of ether oxygens (including phenoxy) is 3. The van der Waals surface area contributed by atoms with Crippen molar-refractivity contribution in [3.05, 3.63) is 29.8 Å². The van der Waals surface area contributed by atoms with E-state index in [0.717, 1.165) is 5.56 Å². The maximum atomic E-state index is 11.6. The summed E-state index contributed by atoms with van der Waals surface area (Å²) in [5, 5.41) is 2.50. The van der Waals surface area contributed by atoms with Crippen LogP contribution in [0.2, 0.25) is 0 Å². The van der Waals surface area contributed by atoms with Crippen molar-refractivity contribution >= 4 is 18.0 Å². The van der Waals surface area contributed by atoms with Crippen LogP contribution in [0.3, 0.4) is 0 Å². The van der Waals surface area contributed by atoms with Gasteiger partial charge in [-0.2, -0.15) is 0 Å². The van der Waals surface area contributed by atoms with Gasteiger partial charge in [0, 0.05) is 6.08 Å². The van der Waals surface area contributed by atoms with Crippen LogP contribution in [0.25, 0.3) is 6.08 Å². The lowest BCUT2D eigenvalue weighted by Gasteiger charge is -2.09. The fourth-order valence-electron chi connectivity index (χ4n) is 1.69. The van der Waals surface area contributed by atoms with Crippen LogP contribution in [0, 0.1) is 0 Å². The molecule has 1 N–H and O–H groups in total. The second kappa shape index (κ2) is 6.10. The average molecular weight is 277 g/mol. The predicted octanol–water partition coefficient (Wildman–Crippen LogP) is 1.11. The fourth-order valence-corrected chi connectivity index (χ4v) is 1.69. The number of hydrogen-bond acceptors (Lipinski definition) is 5. The number of esters is 1. The van der Waals surface area contributed by atoms with Crippen molar-refractivity contribution in [1.29, 1.82) is 0 Å². The topological polar surface area (TPSA) is 73.9 Å². The summed E-state index contributed by atoms with van der Waals surface area (Å²) >= 11 is 0. The second-order valence-electron chi connectivity index (χ2n) is 4.20. The third-order valence-corrected chi connectivity index (χ3v) is 2.74. The molecule has 6 heteroatoms. The normalized spacial score (nSPS) is 14.1. The molecule has 0 aliphatic carbocycles. The van der Waals surface area contributed by atoms with Gasteiger partial charge in [-0.25, -0.2) is 4.79 Å². The number of fused-ring (bicyclic) bond motifs is 1. The molecule has 1 unspecified atom stereocenters. The molecule has 0 spiro atoms. The van der Waals surface area contributed by atoms with E-state index in [0.29, 0.717) is 11.5 Å². The number of benzene rings is 1. The first-order valence-corrected chi connectivity index (χ1v) is 6.06. The van der Waals surface area contributed by atoms with E-state index in [1.165, 1.54) is 13.2 Å². The first-order valence-electron chi connectivity index (χ1n) is 6.06. The molecule has 106 valence electrons. The molecule has 0 fully saturated rings. The predicted molar refractivity (Wildman–Crippen MR) is 71.2 cm³/mol. The summed E-state index contributed by atoms with van der Waals surface area (Å²) in [4.78, 5) is 22.8. The number of carbonyl (C=O) groups is 2. The van der Waals surface area contributed by atoms with E-state index in [-0.39, 0.29) is 12.7 Å². The van der Waals surface area contributed by atoms with E-state index in [4.69, 9.17) is 9.47 Å². The minimum atomic E-state index is -0.686. The van der Waals surface area contributed by atoms with Gasteiger partial charge >= 0.3 is 5.97 Å². The lowest BCUT2D eigenvalue weighted by atomic mass is 10.2. The van der Waals surface area contributed by atoms with E-state index < -0.39 is 12.0 Å². The zero-order valence-corrected chi connectivity index (χ0v) is 11.2. The highest BCUT2D eigenvalue weighted by molar-refractivity contribution is 5.94. The van der Waals surface area contributed by atoms with Gasteiger partial charge in [-0.15, -0.1) is 0 Å². The van der Waals surface area contributed by atoms with Crippen molar-refractivity contribution in [3.8, 4) is 11.5 Å². The number of hydrogen-bond donors (Lipinski definition) is 1. The third-order valence-electron chi connectivity index (χ3n) is 2.74. The van der Waals surface area contributed by atoms with Gasteiger partial charge in [0.2, 0.25) is 12.7 Å². The van der Waals surface area contributed by atoms with Crippen LogP contribution in [0.15, 0.2) is 24.3 Å². The molecule has 1 amide bonds. The minimum Gasteiger partial charge on any atom is -0.467 e. The summed E-state index contributed by atoms with van der Waals surface area (Å²) in [6.07, 6.45) is 2.97. The standard InChI is InChI=1S/C14H15NO5/c1-9(14(17)18-2)15-13(16)6-4-10-3-5-11-12(7-10)20-8-19-11/h3-7,9H,8H2,1-2H3,(H,15,16)/b6-4+. The Bertz CT molecular complexity index is 552. The van der Waals surface area contributed by atoms with Crippen LogP contribution in [0.1, 0.15) is 12.5 Å². The minimum absolute atomic E-state index is 0.208. The van der Waals surface area contributed by atoms with Crippen LogP contribution in [0.4, 0.5) is 0 Å². The summed E-state index contributed by atoms with van der Waals surface area (Å²) in [5.74, 6) is 0.469. The Hall–Kier alpha value is -2.50. The Labute approximate surface area is 116 Å². The summed E-state index contributed by atoms with van der Waals surface area (Å²) < 4.78 is 14.9. The zero-order chi connectivity index (χ0) is 14.5. The number of methoxy groups -OCH3 is 1. The maximum absolute atomic E-state index is 11.6. The molecule has 1 heterocycles. The van der Waals surface area contributed by atoms with E-state index in [1.807, 2.05) is 0 Å². The van der Waals surface area contributed by atoms with Crippen LogP contribution < -0.4 is 14.8 Å². The van der Waals surface area contributed by atoms with Gasteiger partial charge in [0.05, 0.1) is 7.11 Å². The Kier molecular flexibility index (Phi) is 4.24. The number of nitrogens with one attached hydrogen (secondary N) is 1.